The molecule has 0 unspecified atom stereocenters. The zero-order valence-corrected chi connectivity index (χ0v) is 20.3. The highest BCUT2D eigenvalue weighted by atomic mass is 16.2. The third-order valence-corrected chi connectivity index (χ3v) is 7.88. The first-order valence-electron chi connectivity index (χ1n) is 12.9. The minimum atomic E-state index is -0.240. The van der Waals surface area contributed by atoms with E-state index in [2.05, 4.69) is 65.3 Å². The summed E-state index contributed by atoms with van der Waals surface area (Å²) in [5.41, 5.74) is 5.32. The fourth-order valence-electron chi connectivity index (χ4n) is 6.06. The molecule has 0 radical (unpaired) electrons. The highest BCUT2D eigenvalue weighted by Gasteiger charge is 2.43. The van der Waals surface area contributed by atoms with E-state index in [1.54, 1.807) is 0 Å². The molecule has 34 heavy (non-hydrogen) atoms. The Hall–Kier alpha value is -2.91. The van der Waals surface area contributed by atoms with Crippen LogP contribution in [0.3, 0.4) is 0 Å². The lowest BCUT2D eigenvalue weighted by Crippen LogP contribution is -2.53. The number of benzene rings is 3. The molecule has 0 N–H and O–H groups in total. The third kappa shape index (κ3) is 4.54. The highest BCUT2D eigenvalue weighted by molar-refractivity contribution is 5.87. The molecule has 176 valence electrons. The monoisotopic (exact) mass is 452 g/mol. The Labute approximate surface area is 204 Å². The lowest BCUT2D eigenvalue weighted by Gasteiger charge is -2.49. The number of carbonyl (C=O) groups is 1. The average Bonchev–Trinajstić information content (AvgIpc) is 2.89. The highest BCUT2D eigenvalue weighted by Crippen LogP contribution is 2.42. The first-order valence-corrected chi connectivity index (χ1v) is 12.9. The Morgan fingerprint density at radius 3 is 2.06 bits per heavy atom. The van der Waals surface area contributed by atoms with Gasteiger partial charge in [-0.05, 0) is 48.1 Å². The van der Waals surface area contributed by atoms with Crippen LogP contribution < -0.4 is 0 Å². The van der Waals surface area contributed by atoms with Gasteiger partial charge in [-0.1, -0.05) is 98.3 Å². The van der Waals surface area contributed by atoms with Crippen molar-refractivity contribution in [3.05, 3.63) is 107 Å². The van der Waals surface area contributed by atoms with Crippen LogP contribution in [-0.4, -0.2) is 41.9 Å². The Bertz CT molecular complexity index is 1050. The quantitative estimate of drug-likeness (QED) is 0.458. The van der Waals surface area contributed by atoms with Crippen LogP contribution in [0.15, 0.2) is 84.9 Å². The van der Waals surface area contributed by atoms with Gasteiger partial charge in [0, 0.05) is 31.6 Å². The smallest absolute Gasteiger partial charge is 0.234 e. The molecule has 0 bridgehead atoms. The zero-order valence-electron chi connectivity index (χ0n) is 20.3. The molecule has 3 nitrogen and oxygen atoms in total. The van der Waals surface area contributed by atoms with Gasteiger partial charge in [0.15, 0.2) is 0 Å². The summed E-state index contributed by atoms with van der Waals surface area (Å²) in [5, 5.41) is 0. The molecule has 3 heteroatoms. The predicted octanol–water partition coefficient (Wildman–Crippen LogP) is 5.99. The molecule has 1 saturated heterocycles. The second-order valence-electron chi connectivity index (χ2n) is 10.1. The van der Waals surface area contributed by atoms with E-state index in [0.717, 1.165) is 50.1 Å². The Morgan fingerprint density at radius 2 is 1.44 bits per heavy atom. The molecule has 3 aromatic carbocycles. The number of hydrogen-bond donors (Lipinski definition) is 0. The molecule has 5 rings (SSSR count). The van der Waals surface area contributed by atoms with Gasteiger partial charge in [0.05, 0.1) is 5.92 Å². The first kappa shape index (κ1) is 22.9. The van der Waals surface area contributed by atoms with Crippen molar-refractivity contribution in [2.75, 3.05) is 26.2 Å². The van der Waals surface area contributed by atoms with Gasteiger partial charge in [0.1, 0.15) is 0 Å². The van der Waals surface area contributed by atoms with E-state index in [4.69, 9.17) is 0 Å². The lowest BCUT2D eigenvalue weighted by atomic mass is 9.68. The fraction of sp³-hybridized carbons (Fsp3) is 0.387. The minimum Gasteiger partial charge on any atom is -0.342 e. The van der Waals surface area contributed by atoms with Crippen molar-refractivity contribution in [2.24, 2.45) is 0 Å². The van der Waals surface area contributed by atoms with Crippen LogP contribution in [0.25, 0.3) is 0 Å². The van der Waals surface area contributed by atoms with Crippen LogP contribution in [0.4, 0.5) is 0 Å². The Morgan fingerprint density at radius 1 is 0.853 bits per heavy atom. The predicted molar refractivity (Wildman–Crippen MR) is 139 cm³/mol. The average molecular weight is 453 g/mol. The second kappa shape index (κ2) is 10.1. The summed E-state index contributed by atoms with van der Waals surface area (Å²) in [5.74, 6) is -0.00433. The number of fused-ring (bicyclic) bond motifs is 2. The SMILES string of the molecule is CCCCN1Cc2ccccc2C2(CCN(C(=O)C(c3ccccc3)c3ccccc3)CC2)C1. The minimum absolute atomic E-state index is 0.161. The molecular weight excluding hydrogens is 416 g/mol. The van der Waals surface area contributed by atoms with Crippen molar-refractivity contribution >= 4 is 5.91 Å². The third-order valence-electron chi connectivity index (χ3n) is 7.88. The summed E-state index contributed by atoms with van der Waals surface area (Å²) in [4.78, 5) is 18.7. The summed E-state index contributed by atoms with van der Waals surface area (Å²) in [7, 11) is 0. The number of carbonyl (C=O) groups excluding carboxylic acids is 1. The maximum absolute atomic E-state index is 13.9. The van der Waals surface area contributed by atoms with Crippen molar-refractivity contribution in [1.29, 1.82) is 0 Å². The number of rotatable bonds is 6. The van der Waals surface area contributed by atoms with Crippen LogP contribution in [0.1, 0.15) is 60.8 Å². The van der Waals surface area contributed by atoms with E-state index in [1.165, 1.54) is 30.5 Å². The molecule has 1 fully saturated rings. The van der Waals surface area contributed by atoms with Crippen molar-refractivity contribution in [3.63, 3.8) is 0 Å². The molecule has 0 aliphatic carbocycles. The number of likely N-dealkylation sites (tertiary alicyclic amines) is 1. The molecule has 1 spiro atoms. The van der Waals surface area contributed by atoms with E-state index in [1.807, 2.05) is 36.4 Å². The van der Waals surface area contributed by atoms with Crippen LogP contribution in [0.2, 0.25) is 0 Å². The summed E-state index contributed by atoms with van der Waals surface area (Å²) in [6.45, 7) is 7.26. The summed E-state index contributed by atoms with van der Waals surface area (Å²) in [6, 6.07) is 29.6. The molecule has 0 aromatic heterocycles. The van der Waals surface area contributed by atoms with E-state index >= 15 is 0 Å². The van der Waals surface area contributed by atoms with Gasteiger partial charge in [-0.15, -0.1) is 0 Å². The first-order chi connectivity index (χ1) is 16.7. The molecular formula is C31H36N2O. The van der Waals surface area contributed by atoms with Gasteiger partial charge < -0.3 is 4.90 Å². The van der Waals surface area contributed by atoms with Crippen LogP contribution in [-0.2, 0) is 16.8 Å². The molecule has 2 heterocycles. The van der Waals surface area contributed by atoms with Crippen LogP contribution >= 0.6 is 0 Å². The van der Waals surface area contributed by atoms with Gasteiger partial charge in [-0.2, -0.15) is 0 Å². The maximum atomic E-state index is 13.9. The van der Waals surface area contributed by atoms with E-state index in [0.29, 0.717) is 0 Å². The van der Waals surface area contributed by atoms with Crippen LogP contribution in [0, 0.1) is 0 Å². The van der Waals surface area contributed by atoms with Crippen molar-refractivity contribution in [1.82, 2.24) is 9.80 Å². The van der Waals surface area contributed by atoms with Gasteiger partial charge in [-0.25, -0.2) is 0 Å². The maximum Gasteiger partial charge on any atom is 0.234 e. The van der Waals surface area contributed by atoms with Gasteiger partial charge in [-0.3, -0.25) is 9.69 Å². The molecule has 3 aromatic rings. The molecule has 0 atom stereocenters. The number of nitrogens with zero attached hydrogens (tertiary/aromatic N) is 2. The van der Waals surface area contributed by atoms with Crippen molar-refractivity contribution in [2.45, 2.75) is 50.5 Å². The largest absolute Gasteiger partial charge is 0.342 e. The Kier molecular flexibility index (Phi) is 6.82. The zero-order chi connectivity index (χ0) is 23.4. The topological polar surface area (TPSA) is 23.6 Å². The number of piperidine rings is 1. The molecule has 0 saturated carbocycles. The fourth-order valence-corrected chi connectivity index (χ4v) is 6.06. The summed E-state index contributed by atoms with van der Waals surface area (Å²) in [6.07, 6.45) is 4.55. The Balaban J connectivity index is 1.38. The second-order valence-corrected chi connectivity index (χ2v) is 10.1. The van der Waals surface area contributed by atoms with Gasteiger partial charge in [0.25, 0.3) is 0 Å². The number of hydrogen-bond acceptors (Lipinski definition) is 2. The van der Waals surface area contributed by atoms with E-state index in [-0.39, 0.29) is 17.2 Å². The summed E-state index contributed by atoms with van der Waals surface area (Å²) >= 11 is 0. The number of unbranched alkanes of at least 4 members (excludes halogenated alkanes) is 1. The van der Waals surface area contributed by atoms with Gasteiger partial charge in [0.2, 0.25) is 5.91 Å². The molecule has 1 amide bonds. The molecule has 2 aliphatic rings. The molecule has 2 aliphatic heterocycles. The van der Waals surface area contributed by atoms with Crippen LogP contribution in [0.5, 0.6) is 0 Å². The van der Waals surface area contributed by atoms with Crippen molar-refractivity contribution < 1.29 is 4.79 Å². The lowest BCUT2D eigenvalue weighted by molar-refractivity contribution is -0.133. The van der Waals surface area contributed by atoms with E-state index in [9.17, 15) is 4.79 Å². The van der Waals surface area contributed by atoms with Crippen molar-refractivity contribution in [3.8, 4) is 0 Å². The van der Waals surface area contributed by atoms with Gasteiger partial charge >= 0.3 is 0 Å². The normalized spacial score (nSPS) is 17.6. The van der Waals surface area contributed by atoms with E-state index < -0.39 is 0 Å². The number of amides is 1. The standard InChI is InChI=1S/C31H36N2O/c1-2-3-20-32-23-27-16-10-11-17-28(27)31(24-32)18-21-33(22-19-31)30(34)29(25-12-6-4-7-13-25)26-14-8-5-9-15-26/h4-17,29H,2-3,18-24H2,1H3. The summed E-state index contributed by atoms with van der Waals surface area (Å²) < 4.78 is 0.